The summed E-state index contributed by atoms with van der Waals surface area (Å²) in [5, 5.41) is 4.05. The van der Waals surface area contributed by atoms with Crippen LogP contribution in [0.2, 0.25) is 0 Å². The molecule has 17 heavy (non-hydrogen) atoms. The van der Waals surface area contributed by atoms with Crippen LogP contribution in [0.5, 0.6) is 0 Å². The van der Waals surface area contributed by atoms with Crippen molar-refractivity contribution in [1.82, 2.24) is 10.1 Å². The van der Waals surface area contributed by atoms with Gasteiger partial charge in [0.05, 0.1) is 6.04 Å². The predicted octanol–water partition coefficient (Wildman–Crippen LogP) is 3.02. The van der Waals surface area contributed by atoms with E-state index in [0.717, 1.165) is 12.3 Å². The number of hydrogen-bond donors (Lipinski definition) is 1. The van der Waals surface area contributed by atoms with Gasteiger partial charge in [-0.2, -0.15) is 4.98 Å². The molecule has 0 saturated heterocycles. The van der Waals surface area contributed by atoms with Gasteiger partial charge in [0.2, 0.25) is 5.89 Å². The first kappa shape index (κ1) is 12.6. The second-order valence-electron chi connectivity index (χ2n) is 6.35. The highest BCUT2D eigenvalue weighted by Gasteiger charge is 2.32. The Balaban J connectivity index is 2.16. The van der Waals surface area contributed by atoms with Crippen LogP contribution >= 0.6 is 0 Å². The van der Waals surface area contributed by atoms with Crippen molar-refractivity contribution < 1.29 is 4.52 Å². The molecule has 1 heterocycles. The van der Waals surface area contributed by atoms with E-state index in [2.05, 4.69) is 37.8 Å². The van der Waals surface area contributed by atoms with Crippen molar-refractivity contribution in [3.8, 4) is 0 Å². The quantitative estimate of drug-likeness (QED) is 0.858. The Kier molecular flexibility index (Phi) is 3.25. The van der Waals surface area contributed by atoms with E-state index in [9.17, 15) is 0 Å². The topological polar surface area (TPSA) is 64.9 Å². The molecule has 1 aromatic heterocycles. The lowest BCUT2D eigenvalue weighted by molar-refractivity contribution is 0.294. The third-order valence-corrected chi connectivity index (χ3v) is 3.85. The van der Waals surface area contributed by atoms with Crippen molar-refractivity contribution in [3.05, 3.63) is 11.7 Å². The molecule has 2 rings (SSSR count). The molecule has 0 spiro atoms. The number of nitrogens with zero attached hydrogens (tertiary/aromatic N) is 2. The van der Waals surface area contributed by atoms with Gasteiger partial charge in [0.25, 0.3) is 0 Å². The standard InChI is InChI=1S/C13H23N3O/c1-8-6-5-7-9(8)12-15-11(16-17-12)10(14)13(2,3)4/h8-10H,5-7,14H2,1-4H3. The van der Waals surface area contributed by atoms with Crippen LogP contribution in [-0.4, -0.2) is 10.1 Å². The fourth-order valence-corrected chi connectivity index (χ4v) is 2.42. The molecule has 0 bridgehead atoms. The Hall–Kier alpha value is -0.900. The highest BCUT2D eigenvalue weighted by Crippen LogP contribution is 2.39. The summed E-state index contributed by atoms with van der Waals surface area (Å²) in [6, 6.07) is -0.170. The summed E-state index contributed by atoms with van der Waals surface area (Å²) < 4.78 is 5.39. The van der Waals surface area contributed by atoms with Gasteiger partial charge in [-0.15, -0.1) is 0 Å². The third kappa shape index (κ3) is 2.51. The van der Waals surface area contributed by atoms with Crippen molar-refractivity contribution >= 4 is 0 Å². The van der Waals surface area contributed by atoms with Gasteiger partial charge in [-0.05, 0) is 24.2 Å². The number of nitrogens with two attached hydrogens (primary N) is 1. The molecule has 1 aromatic rings. The molecule has 0 aromatic carbocycles. The number of hydrogen-bond acceptors (Lipinski definition) is 4. The minimum atomic E-state index is -0.170. The van der Waals surface area contributed by atoms with Gasteiger partial charge in [-0.1, -0.05) is 39.3 Å². The molecule has 96 valence electrons. The molecule has 1 aliphatic rings. The van der Waals surface area contributed by atoms with Crippen LogP contribution in [0, 0.1) is 11.3 Å². The van der Waals surface area contributed by atoms with Crippen molar-refractivity contribution in [2.45, 2.75) is 58.9 Å². The number of rotatable bonds is 2. The SMILES string of the molecule is CC1CCCC1c1nc(C(N)C(C)(C)C)no1. The van der Waals surface area contributed by atoms with Crippen LogP contribution in [0.15, 0.2) is 4.52 Å². The second-order valence-corrected chi connectivity index (χ2v) is 6.35. The zero-order chi connectivity index (χ0) is 12.6. The zero-order valence-corrected chi connectivity index (χ0v) is 11.2. The molecule has 0 radical (unpaired) electrons. The molecular formula is C13H23N3O. The van der Waals surface area contributed by atoms with E-state index < -0.39 is 0 Å². The molecular weight excluding hydrogens is 214 g/mol. The molecule has 0 amide bonds. The van der Waals surface area contributed by atoms with E-state index in [1.54, 1.807) is 0 Å². The molecule has 1 saturated carbocycles. The lowest BCUT2D eigenvalue weighted by Crippen LogP contribution is -2.27. The predicted molar refractivity (Wildman–Crippen MR) is 66.4 cm³/mol. The van der Waals surface area contributed by atoms with Gasteiger partial charge in [0, 0.05) is 5.92 Å². The van der Waals surface area contributed by atoms with Gasteiger partial charge >= 0.3 is 0 Å². The lowest BCUT2D eigenvalue weighted by Gasteiger charge is -2.23. The zero-order valence-electron chi connectivity index (χ0n) is 11.2. The van der Waals surface area contributed by atoms with Crippen LogP contribution in [0.25, 0.3) is 0 Å². The fraction of sp³-hybridized carbons (Fsp3) is 0.846. The summed E-state index contributed by atoms with van der Waals surface area (Å²) in [6.07, 6.45) is 3.68. The van der Waals surface area contributed by atoms with E-state index in [1.807, 2.05) is 0 Å². The summed E-state index contributed by atoms with van der Waals surface area (Å²) in [7, 11) is 0. The average molecular weight is 237 g/mol. The molecule has 4 heteroatoms. The van der Waals surface area contributed by atoms with Gasteiger partial charge in [-0.25, -0.2) is 0 Å². The highest BCUT2D eigenvalue weighted by atomic mass is 16.5. The summed E-state index contributed by atoms with van der Waals surface area (Å²) in [4.78, 5) is 4.51. The molecule has 1 fully saturated rings. The van der Waals surface area contributed by atoms with Crippen molar-refractivity contribution in [2.24, 2.45) is 17.1 Å². The van der Waals surface area contributed by atoms with E-state index in [1.165, 1.54) is 12.8 Å². The van der Waals surface area contributed by atoms with E-state index in [-0.39, 0.29) is 11.5 Å². The average Bonchev–Trinajstić information content (AvgIpc) is 2.83. The van der Waals surface area contributed by atoms with E-state index in [4.69, 9.17) is 10.3 Å². The molecule has 1 aliphatic carbocycles. The number of aromatic nitrogens is 2. The summed E-state index contributed by atoms with van der Waals surface area (Å²) in [5.74, 6) is 2.51. The van der Waals surface area contributed by atoms with Crippen LogP contribution < -0.4 is 5.73 Å². The first-order valence-corrected chi connectivity index (χ1v) is 6.48. The molecule has 3 atom stereocenters. The molecule has 0 aliphatic heterocycles. The summed E-state index contributed by atoms with van der Waals surface area (Å²) in [6.45, 7) is 8.52. The third-order valence-electron chi connectivity index (χ3n) is 3.85. The maximum Gasteiger partial charge on any atom is 0.230 e. The van der Waals surface area contributed by atoms with Gasteiger partial charge in [0.15, 0.2) is 5.82 Å². The maximum absolute atomic E-state index is 6.13. The lowest BCUT2D eigenvalue weighted by atomic mass is 9.87. The summed E-state index contributed by atoms with van der Waals surface area (Å²) >= 11 is 0. The minimum Gasteiger partial charge on any atom is -0.339 e. The van der Waals surface area contributed by atoms with Crippen LogP contribution in [0.4, 0.5) is 0 Å². The normalized spacial score (nSPS) is 27.4. The highest BCUT2D eigenvalue weighted by molar-refractivity contribution is 5.03. The van der Waals surface area contributed by atoms with Gasteiger partial charge in [-0.3, -0.25) is 0 Å². The van der Waals surface area contributed by atoms with Crippen molar-refractivity contribution in [2.75, 3.05) is 0 Å². The first-order chi connectivity index (χ1) is 7.89. The summed E-state index contributed by atoms with van der Waals surface area (Å²) in [5.41, 5.74) is 6.09. The Morgan fingerprint density at radius 2 is 2.06 bits per heavy atom. The van der Waals surface area contributed by atoms with Crippen LogP contribution in [-0.2, 0) is 0 Å². The Labute approximate surface area is 103 Å². The maximum atomic E-state index is 6.13. The smallest absolute Gasteiger partial charge is 0.230 e. The van der Waals surface area contributed by atoms with E-state index >= 15 is 0 Å². The van der Waals surface area contributed by atoms with Crippen LogP contribution in [0.3, 0.4) is 0 Å². The van der Waals surface area contributed by atoms with Crippen LogP contribution in [0.1, 0.15) is 70.6 Å². The first-order valence-electron chi connectivity index (χ1n) is 6.48. The minimum absolute atomic E-state index is 0.0393. The molecule has 2 N–H and O–H groups in total. The Morgan fingerprint density at radius 1 is 1.35 bits per heavy atom. The largest absolute Gasteiger partial charge is 0.339 e. The molecule has 3 unspecified atom stereocenters. The van der Waals surface area contributed by atoms with Gasteiger partial charge < -0.3 is 10.3 Å². The Bertz CT molecular complexity index is 364. The van der Waals surface area contributed by atoms with Gasteiger partial charge in [0.1, 0.15) is 0 Å². The molecule has 4 nitrogen and oxygen atoms in total. The van der Waals surface area contributed by atoms with Crippen molar-refractivity contribution in [1.29, 1.82) is 0 Å². The monoisotopic (exact) mass is 237 g/mol. The van der Waals surface area contributed by atoms with Crippen molar-refractivity contribution in [3.63, 3.8) is 0 Å². The fourth-order valence-electron chi connectivity index (χ4n) is 2.42. The van der Waals surface area contributed by atoms with E-state index in [0.29, 0.717) is 17.7 Å². The Morgan fingerprint density at radius 3 is 2.59 bits per heavy atom. The second kappa shape index (κ2) is 4.41.